The Bertz CT molecular complexity index is 986. The maximum Gasteiger partial charge on any atom is 0.332 e. The molecule has 3 rings (SSSR count). The van der Waals surface area contributed by atoms with Crippen LogP contribution in [0.3, 0.4) is 0 Å². The second-order valence-electron chi connectivity index (χ2n) is 6.74. The number of nitrogens with one attached hydrogen (secondary N) is 1. The molecule has 0 saturated carbocycles. The van der Waals surface area contributed by atoms with Gasteiger partial charge in [-0.05, 0) is 24.3 Å². The highest BCUT2D eigenvalue weighted by molar-refractivity contribution is 6.30. The number of urea groups is 1. The van der Waals surface area contributed by atoms with Crippen molar-refractivity contribution in [2.24, 2.45) is 0 Å². The summed E-state index contributed by atoms with van der Waals surface area (Å²) in [6, 6.07) is 9.78. The van der Waals surface area contributed by atoms with E-state index in [0.717, 1.165) is 4.90 Å². The molecule has 1 aliphatic heterocycles. The normalized spacial score (nSPS) is 15.8. The van der Waals surface area contributed by atoms with E-state index in [4.69, 9.17) is 21.1 Å². The third-order valence-electron chi connectivity index (χ3n) is 4.74. The number of benzene rings is 2. The lowest BCUT2D eigenvalue weighted by Crippen LogP contribution is -2.38. The average Bonchev–Trinajstić information content (AvgIpc) is 2.98. The number of ether oxygens (including phenoxy) is 2. The molecule has 1 heterocycles. The predicted octanol–water partition coefficient (Wildman–Crippen LogP) is 3.71. The van der Waals surface area contributed by atoms with Gasteiger partial charge in [-0.3, -0.25) is 9.59 Å². The van der Waals surface area contributed by atoms with Crippen LogP contribution in [0.1, 0.15) is 6.42 Å². The second kappa shape index (κ2) is 9.53. The van der Waals surface area contributed by atoms with Crippen LogP contribution in [0.5, 0.6) is 11.5 Å². The van der Waals surface area contributed by atoms with Crippen molar-refractivity contribution in [3.63, 3.8) is 0 Å². The van der Waals surface area contributed by atoms with Gasteiger partial charge in [0.15, 0.2) is 0 Å². The zero-order valence-electron chi connectivity index (χ0n) is 17.1. The van der Waals surface area contributed by atoms with E-state index in [1.54, 1.807) is 42.5 Å². The first-order chi connectivity index (χ1) is 14.9. The Balaban J connectivity index is 1.80. The number of halogens is 1. The third kappa shape index (κ3) is 4.80. The number of rotatable bonds is 8. The highest BCUT2D eigenvalue weighted by Crippen LogP contribution is 2.29. The summed E-state index contributed by atoms with van der Waals surface area (Å²) in [5, 5.41) is 3.21. The lowest BCUT2D eigenvalue weighted by molar-refractivity contribution is -0.124. The van der Waals surface area contributed by atoms with Crippen LogP contribution in [-0.2, 0) is 9.59 Å². The topological polar surface area (TPSA) is 88.2 Å². The molecule has 1 N–H and O–H groups in total. The molecular weight excluding hydrogens is 422 g/mol. The van der Waals surface area contributed by atoms with Gasteiger partial charge in [-0.25, -0.2) is 9.69 Å². The van der Waals surface area contributed by atoms with E-state index in [-0.39, 0.29) is 13.0 Å². The molecule has 31 heavy (non-hydrogen) atoms. The molecule has 1 saturated heterocycles. The quantitative estimate of drug-likeness (QED) is 0.496. The van der Waals surface area contributed by atoms with Gasteiger partial charge in [0, 0.05) is 35.5 Å². The van der Waals surface area contributed by atoms with E-state index in [0.29, 0.717) is 27.9 Å². The van der Waals surface area contributed by atoms with Gasteiger partial charge in [0.25, 0.3) is 5.91 Å². The number of hydrogen-bond acceptors (Lipinski definition) is 5. The zero-order valence-corrected chi connectivity index (χ0v) is 17.9. The largest absolute Gasteiger partial charge is 0.497 e. The standard InChI is InChI=1S/C22H22ClN3O5/c1-4-9-25-19(21(28)26(22(25)29)16-7-5-14(23)6-8-16)13-20(27)24-15-10-17(30-2)12-18(11-15)31-3/h4-8,10-12,19H,1,9,13H2,2-3H3,(H,24,27). The minimum Gasteiger partial charge on any atom is -0.497 e. The number of carbonyl (C=O) groups is 3. The van der Waals surface area contributed by atoms with E-state index < -0.39 is 23.9 Å². The SMILES string of the molecule is C=CCN1C(=O)N(c2ccc(Cl)cc2)C(=O)C1CC(=O)Nc1cc(OC)cc(OC)c1. The summed E-state index contributed by atoms with van der Waals surface area (Å²) in [6.07, 6.45) is 1.29. The van der Waals surface area contributed by atoms with Gasteiger partial charge in [-0.1, -0.05) is 17.7 Å². The molecule has 8 nitrogen and oxygen atoms in total. The van der Waals surface area contributed by atoms with Crippen LogP contribution < -0.4 is 19.7 Å². The Labute approximate surface area is 185 Å². The molecular formula is C22H22ClN3O5. The van der Waals surface area contributed by atoms with Crippen LogP contribution in [0.4, 0.5) is 16.2 Å². The molecule has 9 heteroatoms. The van der Waals surface area contributed by atoms with E-state index in [1.807, 2.05) is 0 Å². The van der Waals surface area contributed by atoms with Crippen molar-refractivity contribution in [2.75, 3.05) is 31.0 Å². The number of carbonyl (C=O) groups excluding carboxylic acids is 3. The summed E-state index contributed by atoms with van der Waals surface area (Å²) in [7, 11) is 3.00. The summed E-state index contributed by atoms with van der Waals surface area (Å²) in [5.41, 5.74) is 0.830. The average molecular weight is 444 g/mol. The zero-order chi connectivity index (χ0) is 22.5. The minimum absolute atomic E-state index is 0.125. The van der Waals surface area contributed by atoms with Gasteiger partial charge in [0.2, 0.25) is 5.91 Å². The lowest BCUT2D eigenvalue weighted by Gasteiger charge is -2.19. The predicted molar refractivity (Wildman–Crippen MR) is 118 cm³/mol. The fraction of sp³-hybridized carbons (Fsp3) is 0.227. The van der Waals surface area contributed by atoms with E-state index in [9.17, 15) is 14.4 Å². The van der Waals surface area contributed by atoms with Crippen molar-refractivity contribution in [1.29, 1.82) is 0 Å². The van der Waals surface area contributed by atoms with Crippen LogP contribution >= 0.6 is 11.6 Å². The molecule has 0 spiro atoms. The lowest BCUT2D eigenvalue weighted by atomic mass is 10.1. The first kappa shape index (κ1) is 22.2. The van der Waals surface area contributed by atoms with Gasteiger partial charge in [0.05, 0.1) is 26.3 Å². The molecule has 1 fully saturated rings. The minimum atomic E-state index is -0.964. The van der Waals surface area contributed by atoms with Crippen LogP contribution in [0, 0.1) is 0 Å². The fourth-order valence-electron chi connectivity index (χ4n) is 3.28. The Hall–Kier alpha value is -3.52. The molecule has 0 aromatic heterocycles. The second-order valence-corrected chi connectivity index (χ2v) is 7.18. The number of imide groups is 1. The van der Waals surface area contributed by atoms with Gasteiger partial charge < -0.3 is 19.7 Å². The fourth-order valence-corrected chi connectivity index (χ4v) is 3.40. The maximum absolute atomic E-state index is 13.1. The molecule has 0 aliphatic carbocycles. The van der Waals surface area contributed by atoms with Crippen molar-refractivity contribution in [3.05, 3.63) is 60.1 Å². The summed E-state index contributed by atoms with van der Waals surface area (Å²) in [6.45, 7) is 3.77. The van der Waals surface area contributed by atoms with Crippen LogP contribution in [0.25, 0.3) is 0 Å². The van der Waals surface area contributed by atoms with Gasteiger partial charge >= 0.3 is 6.03 Å². The highest BCUT2D eigenvalue weighted by atomic mass is 35.5. The molecule has 1 aliphatic rings. The van der Waals surface area contributed by atoms with Crippen molar-refractivity contribution >= 4 is 40.8 Å². The number of nitrogens with zero attached hydrogens (tertiary/aromatic N) is 2. The summed E-state index contributed by atoms with van der Waals surface area (Å²) < 4.78 is 10.4. The Morgan fingerprint density at radius 3 is 2.29 bits per heavy atom. The summed E-state index contributed by atoms with van der Waals surface area (Å²) in [5.74, 6) is 0.0777. The molecule has 2 aromatic rings. The Morgan fingerprint density at radius 1 is 1.13 bits per heavy atom. The first-order valence-electron chi connectivity index (χ1n) is 9.42. The summed E-state index contributed by atoms with van der Waals surface area (Å²) >= 11 is 5.90. The molecule has 2 aromatic carbocycles. The number of methoxy groups -OCH3 is 2. The highest BCUT2D eigenvalue weighted by Gasteiger charge is 2.46. The van der Waals surface area contributed by atoms with Gasteiger partial charge in [0.1, 0.15) is 17.5 Å². The molecule has 162 valence electrons. The summed E-state index contributed by atoms with van der Waals surface area (Å²) in [4.78, 5) is 41.0. The van der Waals surface area contributed by atoms with E-state index in [2.05, 4.69) is 11.9 Å². The Morgan fingerprint density at radius 2 is 1.74 bits per heavy atom. The Kier molecular flexibility index (Phi) is 6.81. The molecule has 4 amide bonds. The van der Waals surface area contributed by atoms with Crippen LogP contribution in [0.2, 0.25) is 5.02 Å². The van der Waals surface area contributed by atoms with Crippen molar-refractivity contribution in [2.45, 2.75) is 12.5 Å². The van der Waals surface area contributed by atoms with Crippen LogP contribution in [0.15, 0.2) is 55.1 Å². The maximum atomic E-state index is 13.1. The van der Waals surface area contributed by atoms with Gasteiger partial charge in [-0.2, -0.15) is 0 Å². The first-order valence-corrected chi connectivity index (χ1v) is 9.79. The number of anilines is 2. The van der Waals surface area contributed by atoms with Crippen molar-refractivity contribution in [1.82, 2.24) is 4.90 Å². The molecule has 0 bridgehead atoms. The number of amides is 4. The van der Waals surface area contributed by atoms with Gasteiger partial charge in [-0.15, -0.1) is 6.58 Å². The van der Waals surface area contributed by atoms with Crippen molar-refractivity contribution in [3.8, 4) is 11.5 Å². The smallest absolute Gasteiger partial charge is 0.332 e. The molecule has 1 unspecified atom stereocenters. The van der Waals surface area contributed by atoms with E-state index in [1.165, 1.54) is 25.2 Å². The third-order valence-corrected chi connectivity index (χ3v) is 5.00. The monoisotopic (exact) mass is 443 g/mol. The van der Waals surface area contributed by atoms with E-state index >= 15 is 0 Å². The van der Waals surface area contributed by atoms with Crippen LogP contribution in [-0.4, -0.2) is 49.6 Å². The van der Waals surface area contributed by atoms with Crippen molar-refractivity contribution < 1.29 is 23.9 Å². The number of hydrogen-bond donors (Lipinski definition) is 1. The molecule has 1 atom stereocenters. The molecule has 0 radical (unpaired) electrons.